The van der Waals surface area contributed by atoms with Gasteiger partial charge in [0.2, 0.25) is 0 Å². The first-order valence-electron chi connectivity index (χ1n) is 7.48. The number of pyridine rings is 1. The molecule has 0 saturated carbocycles. The first-order chi connectivity index (χ1) is 9.72. The zero-order valence-corrected chi connectivity index (χ0v) is 12.4. The molecule has 1 aliphatic heterocycles. The number of hydrazine groups is 1. The van der Waals surface area contributed by atoms with Gasteiger partial charge >= 0.3 is 0 Å². The molecule has 2 rings (SSSR count). The van der Waals surface area contributed by atoms with E-state index in [1.807, 2.05) is 24.4 Å². The lowest BCUT2D eigenvalue weighted by atomic mass is 10.1. The number of aromatic nitrogens is 1. The zero-order valence-electron chi connectivity index (χ0n) is 12.4. The van der Waals surface area contributed by atoms with E-state index in [4.69, 9.17) is 0 Å². The van der Waals surface area contributed by atoms with Crippen molar-refractivity contribution in [3.8, 4) is 0 Å². The van der Waals surface area contributed by atoms with E-state index in [-0.39, 0.29) is 12.6 Å². The second kappa shape index (κ2) is 7.69. The molecule has 3 N–H and O–H groups in total. The maximum Gasteiger partial charge on any atom is 0.0586 e. The van der Waals surface area contributed by atoms with Crippen LogP contribution in [0.3, 0.4) is 0 Å². The minimum absolute atomic E-state index is 0.190. The summed E-state index contributed by atoms with van der Waals surface area (Å²) in [4.78, 5) is 6.73. The van der Waals surface area contributed by atoms with Crippen LogP contribution in [0.1, 0.15) is 32.4 Å². The topological polar surface area (TPSA) is 60.4 Å². The summed E-state index contributed by atoms with van der Waals surface area (Å²) in [6.07, 6.45) is 3.88. The third-order valence-corrected chi connectivity index (χ3v) is 3.92. The fourth-order valence-electron chi connectivity index (χ4n) is 2.75. The molecule has 3 atom stereocenters. The molecule has 1 aromatic rings. The monoisotopic (exact) mass is 278 g/mol. The Balaban J connectivity index is 2.00. The molecule has 0 radical (unpaired) electrons. The number of rotatable bonds is 7. The summed E-state index contributed by atoms with van der Waals surface area (Å²) >= 11 is 0. The van der Waals surface area contributed by atoms with E-state index in [9.17, 15) is 5.11 Å². The highest BCUT2D eigenvalue weighted by molar-refractivity contribution is 5.04. The molecule has 0 aromatic carbocycles. The van der Waals surface area contributed by atoms with Gasteiger partial charge in [-0.05, 0) is 31.9 Å². The number of nitrogens with one attached hydrogen (secondary N) is 2. The average Bonchev–Trinajstić information content (AvgIpc) is 2.86. The minimum Gasteiger partial charge on any atom is -0.395 e. The van der Waals surface area contributed by atoms with Crippen molar-refractivity contribution in [3.63, 3.8) is 0 Å². The summed E-state index contributed by atoms with van der Waals surface area (Å²) in [5.41, 5.74) is 7.64. The largest absolute Gasteiger partial charge is 0.395 e. The molecule has 1 aliphatic rings. The van der Waals surface area contributed by atoms with Gasteiger partial charge in [-0.25, -0.2) is 0 Å². The Morgan fingerprint density at radius 3 is 2.85 bits per heavy atom. The van der Waals surface area contributed by atoms with E-state index in [0.29, 0.717) is 12.1 Å². The highest BCUT2D eigenvalue weighted by Gasteiger charge is 2.25. The van der Waals surface area contributed by atoms with E-state index in [1.165, 1.54) is 0 Å². The van der Waals surface area contributed by atoms with Gasteiger partial charge in [0, 0.05) is 37.4 Å². The van der Waals surface area contributed by atoms with Crippen molar-refractivity contribution >= 4 is 0 Å². The van der Waals surface area contributed by atoms with Gasteiger partial charge in [-0.15, -0.1) is 0 Å². The van der Waals surface area contributed by atoms with Crippen LogP contribution >= 0.6 is 0 Å². The van der Waals surface area contributed by atoms with Crippen molar-refractivity contribution in [3.05, 3.63) is 30.1 Å². The van der Waals surface area contributed by atoms with Gasteiger partial charge < -0.3 is 5.11 Å². The van der Waals surface area contributed by atoms with Crippen LogP contribution < -0.4 is 10.9 Å². The molecule has 1 fully saturated rings. The zero-order chi connectivity index (χ0) is 14.4. The quantitative estimate of drug-likeness (QED) is 0.692. The first-order valence-corrected chi connectivity index (χ1v) is 7.48. The van der Waals surface area contributed by atoms with Crippen molar-refractivity contribution in [1.82, 2.24) is 20.7 Å². The van der Waals surface area contributed by atoms with Gasteiger partial charge in [0.15, 0.2) is 0 Å². The molecule has 0 amide bonds. The molecule has 0 aliphatic carbocycles. The molecule has 5 nitrogen and oxygen atoms in total. The van der Waals surface area contributed by atoms with Gasteiger partial charge in [0.05, 0.1) is 12.3 Å². The summed E-state index contributed by atoms with van der Waals surface area (Å²) in [6.45, 7) is 6.20. The van der Waals surface area contributed by atoms with Crippen LogP contribution in [-0.4, -0.2) is 46.3 Å². The second-order valence-electron chi connectivity index (χ2n) is 5.62. The van der Waals surface area contributed by atoms with E-state index in [0.717, 1.165) is 31.6 Å². The smallest absolute Gasteiger partial charge is 0.0586 e. The summed E-state index contributed by atoms with van der Waals surface area (Å²) in [5, 5.41) is 9.60. The molecule has 20 heavy (non-hydrogen) atoms. The predicted molar refractivity (Wildman–Crippen MR) is 80.0 cm³/mol. The SMILES string of the molecule is CCC(CO)N(Cc1ccccn1)CC1CC(C)NN1. The number of aliphatic hydroxyl groups excluding tert-OH is 1. The molecule has 5 heteroatoms. The molecule has 1 saturated heterocycles. The Bertz CT molecular complexity index is 383. The predicted octanol–water partition coefficient (Wildman–Crippen LogP) is 0.909. The van der Waals surface area contributed by atoms with Crippen LogP contribution in [0.25, 0.3) is 0 Å². The van der Waals surface area contributed by atoms with E-state index < -0.39 is 0 Å². The van der Waals surface area contributed by atoms with Crippen LogP contribution in [-0.2, 0) is 6.54 Å². The Labute approximate surface area is 121 Å². The highest BCUT2D eigenvalue weighted by Crippen LogP contribution is 2.13. The molecule has 0 spiro atoms. The van der Waals surface area contributed by atoms with Crippen molar-refractivity contribution in [2.75, 3.05) is 13.2 Å². The number of nitrogens with zero attached hydrogens (tertiary/aromatic N) is 2. The van der Waals surface area contributed by atoms with Gasteiger partial charge in [0.25, 0.3) is 0 Å². The van der Waals surface area contributed by atoms with Crippen molar-refractivity contribution < 1.29 is 5.11 Å². The van der Waals surface area contributed by atoms with Crippen molar-refractivity contribution in [2.24, 2.45) is 0 Å². The normalized spacial score (nSPS) is 24.2. The molecule has 2 heterocycles. The lowest BCUT2D eigenvalue weighted by Gasteiger charge is -2.31. The Kier molecular flexibility index (Phi) is 5.91. The molecule has 112 valence electrons. The standard InChI is InChI=1S/C15H26N4O/c1-3-15(11-20)19(9-13-6-4-5-7-16-13)10-14-8-12(2)17-18-14/h4-7,12,14-15,17-18,20H,3,8-11H2,1-2H3. The van der Waals surface area contributed by atoms with Gasteiger partial charge in [-0.2, -0.15) is 0 Å². The van der Waals surface area contributed by atoms with E-state index in [2.05, 4.69) is 34.6 Å². The minimum atomic E-state index is 0.190. The third kappa shape index (κ3) is 4.24. The van der Waals surface area contributed by atoms with Crippen LogP contribution in [0.5, 0.6) is 0 Å². The summed E-state index contributed by atoms with van der Waals surface area (Å²) in [7, 11) is 0. The van der Waals surface area contributed by atoms with E-state index in [1.54, 1.807) is 0 Å². The number of hydrogen-bond acceptors (Lipinski definition) is 5. The van der Waals surface area contributed by atoms with Crippen LogP contribution in [0.4, 0.5) is 0 Å². The average molecular weight is 278 g/mol. The number of aliphatic hydroxyl groups is 1. The summed E-state index contributed by atoms with van der Waals surface area (Å²) in [6, 6.07) is 7.11. The van der Waals surface area contributed by atoms with E-state index >= 15 is 0 Å². The summed E-state index contributed by atoms with van der Waals surface area (Å²) in [5.74, 6) is 0. The fraction of sp³-hybridized carbons (Fsp3) is 0.667. The maximum atomic E-state index is 9.60. The number of hydrogen-bond donors (Lipinski definition) is 3. The Morgan fingerprint density at radius 1 is 1.45 bits per heavy atom. The van der Waals surface area contributed by atoms with Crippen LogP contribution in [0.15, 0.2) is 24.4 Å². The Hall–Kier alpha value is -1.01. The fourth-order valence-corrected chi connectivity index (χ4v) is 2.75. The van der Waals surface area contributed by atoms with Crippen LogP contribution in [0, 0.1) is 0 Å². The van der Waals surface area contributed by atoms with Crippen molar-refractivity contribution in [1.29, 1.82) is 0 Å². The molecule has 3 unspecified atom stereocenters. The van der Waals surface area contributed by atoms with Gasteiger partial charge in [-0.3, -0.25) is 20.7 Å². The Morgan fingerprint density at radius 2 is 2.30 bits per heavy atom. The molecule has 0 bridgehead atoms. The molecular formula is C15H26N4O. The summed E-state index contributed by atoms with van der Waals surface area (Å²) < 4.78 is 0. The third-order valence-electron chi connectivity index (χ3n) is 3.92. The van der Waals surface area contributed by atoms with Crippen LogP contribution in [0.2, 0.25) is 0 Å². The van der Waals surface area contributed by atoms with Gasteiger partial charge in [0.1, 0.15) is 0 Å². The maximum absolute atomic E-state index is 9.60. The molecule has 1 aromatic heterocycles. The highest BCUT2D eigenvalue weighted by atomic mass is 16.3. The van der Waals surface area contributed by atoms with Gasteiger partial charge in [-0.1, -0.05) is 13.0 Å². The second-order valence-corrected chi connectivity index (χ2v) is 5.62. The lowest BCUT2D eigenvalue weighted by Crippen LogP contribution is -2.45. The first kappa shape index (κ1) is 15.4. The molecular weight excluding hydrogens is 252 g/mol. The van der Waals surface area contributed by atoms with Crippen molar-refractivity contribution in [2.45, 2.75) is 51.4 Å². The lowest BCUT2D eigenvalue weighted by molar-refractivity contribution is 0.103.